The minimum Gasteiger partial charge on any atom is -0.308 e. The molecule has 9 atom stereocenters. The molecule has 1 nitrogen and oxygen atoms in total. The van der Waals surface area contributed by atoms with E-state index in [9.17, 15) is 0 Å². The Kier molecular flexibility index (Phi) is 10.6. The Morgan fingerprint density at radius 3 is 2.43 bits per heavy atom. The van der Waals surface area contributed by atoms with Crippen LogP contribution in [0, 0.1) is 47.3 Å². The van der Waals surface area contributed by atoms with Crippen molar-refractivity contribution in [1.29, 1.82) is 0 Å². The van der Waals surface area contributed by atoms with Crippen LogP contribution in [0.1, 0.15) is 105 Å². The lowest BCUT2D eigenvalue weighted by Gasteiger charge is -2.48. The van der Waals surface area contributed by atoms with E-state index in [1.165, 1.54) is 77.0 Å². The van der Waals surface area contributed by atoms with Crippen LogP contribution in [0.4, 0.5) is 0 Å². The SMILES string of the molecule is C=CC1CC(C2C=CC(CC(CCC)C(C=C)NC(C)C)CC2)C2=C(CCCC2)C1C1C=CCCC1C. The molecule has 9 unspecified atom stereocenters. The van der Waals surface area contributed by atoms with Gasteiger partial charge in [-0.3, -0.25) is 0 Å². The minimum absolute atomic E-state index is 0.431. The highest BCUT2D eigenvalue weighted by atomic mass is 14.9. The van der Waals surface area contributed by atoms with E-state index in [0.717, 1.165) is 35.5 Å². The Labute approximate surface area is 230 Å². The summed E-state index contributed by atoms with van der Waals surface area (Å²) in [6.07, 6.45) is 30.9. The van der Waals surface area contributed by atoms with Gasteiger partial charge in [0.15, 0.2) is 0 Å². The highest BCUT2D eigenvalue weighted by Gasteiger charge is 2.43. The van der Waals surface area contributed by atoms with Gasteiger partial charge in [-0.15, -0.1) is 13.2 Å². The molecule has 37 heavy (non-hydrogen) atoms. The molecule has 0 aliphatic heterocycles. The molecule has 1 heteroatoms. The Bertz CT molecular complexity index is 843. The smallest absolute Gasteiger partial charge is 0.0278 e. The highest BCUT2D eigenvalue weighted by molar-refractivity contribution is 5.31. The van der Waals surface area contributed by atoms with Gasteiger partial charge in [0.05, 0.1) is 0 Å². The minimum atomic E-state index is 0.431. The molecule has 4 aliphatic carbocycles. The molecular weight excluding hydrogens is 446 g/mol. The van der Waals surface area contributed by atoms with Crippen LogP contribution in [0.2, 0.25) is 0 Å². The standard InChI is InChI=1S/C36H57N/c1-7-14-30(35(9-3)37-25(4)5)23-27-19-21-29(22-20-27)34-24-28(8-2)36(31-16-11-10-15-26(31)6)33-18-13-12-17-32(33)34/h8-9,11,16,19,21,25-31,34-37H,2-3,7,10,12-15,17-18,20,22-24H2,1,4-6H3. The fourth-order valence-electron chi connectivity index (χ4n) is 8.67. The lowest BCUT2D eigenvalue weighted by atomic mass is 9.57. The normalized spacial score (nSPS) is 35.8. The molecule has 0 aromatic carbocycles. The second-order valence-electron chi connectivity index (χ2n) is 13.3. The molecule has 206 valence electrons. The molecule has 0 saturated heterocycles. The van der Waals surface area contributed by atoms with Crippen LogP contribution in [0.3, 0.4) is 0 Å². The third kappa shape index (κ3) is 6.81. The van der Waals surface area contributed by atoms with Crippen molar-refractivity contribution < 1.29 is 0 Å². The number of rotatable bonds is 11. The summed E-state index contributed by atoms with van der Waals surface area (Å²) in [6.45, 7) is 17.9. The fraction of sp³-hybridized carbons (Fsp3) is 0.722. The van der Waals surface area contributed by atoms with Crippen molar-refractivity contribution in [2.75, 3.05) is 0 Å². The van der Waals surface area contributed by atoms with Crippen LogP contribution < -0.4 is 5.32 Å². The largest absolute Gasteiger partial charge is 0.308 e. The Balaban J connectivity index is 1.51. The van der Waals surface area contributed by atoms with Crippen LogP contribution in [0.15, 0.2) is 60.8 Å². The van der Waals surface area contributed by atoms with Crippen molar-refractivity contribution in [3.05, 3.63) is 60.8 Å². The topological polar surface area (TPSA) is 12.0 Å². The maximum absolute atomic E-state index is 4.40. The lowest BCUT2D eigenvalue weighted by molar-refractivity contribution is 0.183. The lowest BCUT2D eigenvalue weighted by Crippen LogP contribution is -2.40. The average Bonchev–Trinajstić information content (AvgIpc) is 2.91. The maximum atomic E-state index is 4.40. The van der Waals surface area contributed by atoms with Crippen LogP contribution in [-0.2, 0) is 0 Å². The summed E-state index contributed by atoms with van der Waals surface area (Å²) in [4.78, 5) is 0. The van der Waals surface area contributed by atoms with E-state index < -0.39 is 0 Å². The van der Waals surface area contributed by atoms with Gasteiger partial charge in [0.2, 0.25) is 0 Å². The fourth-order valence-corrected chi connectivity index (χ4v) is 8.67. The van der Waals surface area contributed by atoms with Crippen molar-refractivity contribution >= 4 is 0 Å². The second-order valence-corrected chi connectivity index (χ2v) is 13.3. The monoisotopic (exact) mass is 503 g/mol. The van der Waals surface area contributed by atoms with E-state index in [2.05, 4.69) is 82.6 Å². The predicted molar refractivity (Wildman–Crippen MR) is 162 cm³/mol. The van der Waals surface area contributed by atoms with Crippen molar-refractivity contribution in [3.8, 4) is 0 Å². The molecule has 0 saturated carbocycles. The van der Waals surface area contributed by atoms with Crippen LogP contribution in [0.5, 0.6) is 0 Å². The summed E-state index contributed by atoms with van der Waals surface area (Å²) >= 11 is 0. The molecule has 4 aliphatic rings. The van der Waals surface area contributed by atoms with Crippen molar-refractivity contribution in [3.63, 3.8) is 0 Å². The zero-order chi connectivity index (χ0) is 26.4. The van der Waals surface area contributed by atoms with E-state index in [4.69, 9.17) is 0 Å². The first-order valence-corrected chi connectivity index (χ1v) is 16.0. The van der Waals surface area contributed by atoms with Crippen molar-refractivity contribution in [2.45, 2.75) is 117 Å². The van der Waals surface area contributed by atoms with Crippen LogP contribution in [-0.4, -0.2) is 12.1 Å². The first-order chi connectivity index (χ1) is 18.0. The number of allylic oxidation sites excluding steroid dienone is 7. The molecule has 0 spiro atoms. The molecule has 0 radical (unpaired) electrons. The third-order valence-electron chi connectivity index (χ3n) is 10.5. The van der Waals surface area contributed by atoms with Crippen molar-refractivity contribution in [1.82, 2.24) is 5.32 Å². The van der Waals surface area contributed by atoms with E-state index in [1.54, 1.807) is 0 Å². The van der Waals surface area contributed by atoms with Crippen LogP contribution in [0.25, 0.3) is 0 Å². The first kappa shape index (κ1) is 28.7. The predicted octanol–water partition coefficient (Wildman–Crippen LogP) is 9.84. The van der Waals surface area contributed by atoms with Gasteiger partial charge in [0.1, 0.15) is 0 Å². The van der Waals surface area contributed by atoms with E-state index in [1.807, 2.05) is 11.1 Å². The molecule has 0 bridgehead atoms. The summed E-state index contributed by atoms with van der Waals surface area (Å²) in [7, 11) is 0. The summed E-state index contributed by atoms with van der Waals surface area (Å²) in [5.41, 5.74) is 3.77. The molecule has 0 aromatic heterocycles. The summed E-state index contributed by atoms with van der Waals surface area (Å²) < 4.78 is 0. The Hall–Kier alpha value is -1.34. The summed E-state index contributed by atoms with van der Waals surface area (Å²) in [5, 5.41) is 3.78. The highest BCUT2D eigenvalue weighted by Crippen LogP contribution is 2.53. The molecule has 0 aromatic rings. The number of nitrogens with one attached hydrogen (secondary N) is 1. The van der Waals surface area contributed by atoms with Gasteiger partial charge in [-0.25, -0.2) is 0 Å². The summed E-state index contributed by atoms with van der Waals surface area (Å²) in [6, 6.07) is 0.938. The average molecular weight is 504 g/mol. The van der Waals surface area contributed by atoms with Gasteiger partial charge >= 0.3 is 0 Å². The van der Waals surface area contributed by atoms with Crippen LogP contribution >= 0.6 is 0 Å². The molecular formula is C36H57N. The molecule has 4 rings (SSSR count). The molecule has 0 heterocycles. The Morgan fingerprint density at radius 2 is 1.81 bits per heavy atom. The number of hydrogen-bond donors (Lipinski definition) is 1. The second kappa shape index (κ2) is 13.6. The molecule has 1 N–H and O–H groups in total. The third-order valence-corrected chi connectivity index (χ3v) is 10.5. The maximum Gasteiger partial charge on any atom is 0.0278 e. The Morgan fingerprint density at radius 1 is 1.03 bits per heavy atom. The quantitative estimate of drug-likeness (QED) is 0.277. The van der Waals surface area contributed by atoms with Gasteiger partial charge in [-0.2, -0.15) is 0 Å². The zero-order valence-electron chi connectivity index (χ0n) is 24.6. The van der Waals surface area contributed by atoms with E-state index >= 15 is 0 Å². The van der Waals surface area contributed by atoms with Gasteiger partial charge in [0.25, 0.3) is 0 Å². The van der Waals surface area contributed by atoms with Gasteiger partial charge in [0, 0.05) is 12.1 Å². The van der Waals surface area contributed by atoms with Crippen molar-refractivity contribution in [2.24, 2.45) is 47.3 Å². The van der Waals surface area contributed by atoms with E-state index in [0.29, 0.717) is 23.9 Å². The van der Waals surface area contributed by atoms with Gasteiger partial charge in [-0.05, 0) is 118 Å². The number of hydrogen-bond acceptors (Lipinski definition) is 1. The first-order valence-electron chi connectivity index (χ1n) is 16.0. The molecule has 0 amide bonds. The van der Waals surface area contributed by atoms with Gasteiger partial charge < -0.3 is 5.32 Å². The van der Waals surface area contributed by atoms with Gasteiger partial charge in [-0.1, -0.05) is 81.7 Å². The zero-order valence-corrected chi connectivity index (χ0v) is 24.6. The molecule has 0 fully saturated rings. The summed E-state index contributed by atoms with van der Waals surface area (Å²) in [5.74, 6) is 5.79. The van der Waals surface area contributed by atoms with E-state index in [-0.39, 0.29) is 0 Å².